The van der Waals surface area contributed by atoms with Crippen LogP contribution in [0.1, 0.15) is 18.4 Å². The molecule has 0 bridgehead atoms. The Morgan fingerprint density at radius 2 is 2.09 bits per heavy atom. The van der Waals surface area contributed by atoms with Gasteiger partial charge >= 0.3 is 0 Å². The Kier molecular flexibility index (Phi) is 4.53. The van der Waals surface area contributed by atoms with Crippen molar-refractivity contribution in [2.24, 2.45) is 0 Å². The fourth-order valence-corrected chi connectivity index (χ4v) is 3.84. The number of aromatic nitrogens is 2. The standard InChI is InChI=1S/C17H23ClN4O/c18-16-10-20-17-14(3-4-19-17)15(16)12-22-7-5-21(6-8-22)11-13-2-1-9-23-13/h3-4,10,13H,1-2,5-9,11-12H2,(H,19,20). The maximum absolute atomic E-state index is 6.39. The predicted molar refractivity (Wildman–Crippen MR) is 91.8 cm³/mol. The number of H-pyrrole nitrogens is 1. The molecule has 1 atom stereocenters. The van der Waals surface area contributed by atoms with E-state index in [0.29, 0.717) is 6.10 Å². The molecule has 0 aliphatic carbocycles. The molecule has 2 aliphatic heterocycles. The lowest BCUT2D eigenvalue weighted by Crippen LogP contribution is -2.48. The number of pyridine rings is 1. The van der Waals surface area contributed by atoms with Crippen molar-refractivity contribution in [2.75, 3.05) is 39.3 Å². The monoisotopic (exact) mass is 334 g/mol. The minimum absolute atomic E-state index is 0.454. The summed E-state index contributed by atoms with van der Waals surface area (Å²) in [7, 11) is 0. The van der Waals surface area contributed by atoms with Gasteiger partial charge in [-0.1, -0.05) is 11.6 Å². The van der Waals surface area contributed by atoms with Crippen molar-refractivity contribution < 1.29 is 4.74 Å². The topological polar surface area (TPSA) is 44.4 Å². The number of piperazine rings is 1. The van der Waals surface area contributed by atoms with E-state index in [1.54, 1.807) is 6.20 Å². The van der Waals surface area contributed by atoms with Gasteiger partial charge in [-0.3, -0.25) is 9.80 Å². The van der Waals surface area contributed by atoms with Gasteiger partial charge in [-0.05, 0) is 24.5 Å². The van der Waals surface area contributed by atoms with Gasteiger partial charge in [-0.2, -0.15) is 0 Å². The first-order valence-corrected chi connectivity index (χ1v) is 8.84. The number of ether oxygens (including phenoxy) is 1. The third kappa shape index (κ3) is 3.38. The van der Waals surface area contributed by atoms with Crippen LogP contribution in [-0.2, 0) is 11.3 Å². The van der Waals surface area contributed by atoms with E-state index in [4.69, 9.17) is 16.3 Å². The fourth-order valence-electron chi connectivity index (χ4n) is 3.63. The fraction of sp³-hybridized carbons (Fsp3) is 0.588. The van der Waals surface area contributed by atoms with Crippen LogP contribution in [0.5, 0.6) is 0 Å². The Balaban J connectivity index is 1.37. The van der Waals surface area contributed by atoms with Crippen molar-refractivity contribution in [2.45, 2.75) is 25.5 Å². The maximum Gasteiger partial charge on any atom is 0.137 e. The van der Waals surface area contributed by atoms with Gasteiger partial charge in [0, 0.05) is 63.7 Å². The molecule has 23 heavy (non-hydrogen) atoms. The second kappa shape index (κ2) is 6.77. The summed E-state index contributed by atoms with van der Waals surface area (Å²) in [6, 6.07) is 2.07. The molecule has 2 saturated heterocycles. The molecule has 0 amide bonds. The number of rotatable bonds is 4. The van der Waals surface area contributed by atoms with Crippen molar-refractivity contribution >= 4 is 22.6 Å². The highest BCUT2D eigenvalue weighted by molar-refractivity contribution is 6.32. The molecule has 5 nitrogen and oxygen atoms in total. The van der Waals surface area contributed by atoms with Crippen LogP contribution in [0.4, 0.5) is 0 Å². The average Bonchev–Trinajstić information content (AvgIpc) is 3.23. The van der Waals surface area contributed by atoms with E-state index >= 15 is 0 Å². The molecule has 0 saturated carbocycles. The lowest BCUT2D eigenvalue weighted by molar-refractivity contribution is 0.0490. The Labute approximate surface area is 141 Å². The third-order valence-corrected chi connectivity index (χ3v) is 5.30. The highest BCUT2D eigenvalue weighted by Gasteiger charge is 2.23. The van der Waals surface area contributed by atoms with Crippen molar-refractivity contribution in [3.63, 3.8) is 0 Å². The van der Waals surface area contributed by atoms with Crippen LogP contribution >= 0.6 is 11.6 Å². The molecule has 2 aromatic heterocycles. The number of halogens is 1. The predicted octanol–water partition coefficient (Wildman–Crippen LogP) is 2.51. The van der Waals surface area contributed by atoms with Crippen LogP contribution in [-0.4, -0.2) is 65.2 Å². The summed E-state index contributed by atoms with van der Waals surface area (Å²) in [5, 5.41) is 1.90. The van der Waals surface area contributed by atoms with E-state index in [2.05, 4.69) is 25.8 Å². The Bertz CT molecular complexity index is 660. The molecule has 2 aliphatic rings. The van der Waals surface area contributed by atoms with Crippen LogP contribution in [0.25, 0.3) is 11.0 Å². The van der Waals surface area contributed by atoms with Crippen molar-refractivity contribution in [3.05, 3.63) is 29.0 Å². The van der Waals surface area contributed by atoms with E-state index in [1.807, 2.05) is 6.20 Å². The molecule has 4 rings (SSSR count). The SMILES string of the molecule is Clc1cnc2[nH]ccc2c1CN1CCN(CC2CCCO2)CC1. The van der Waals surface area contributed by atoms with Gasteiger partial charge in [0.2, 0.25) is 0 Å². The Hall–Kier alpha value is -1.14. The van der Waals surface area contributed by atoms with Gasteiger partial charge in [0.25, 0.3) is 0 Å². The molecule has 6 heteroatoms. The quantitative estimate of drug-likeness (QED) is 0.933. The lowest BCUT2D eigenvalue weighted by Gasteiger charge is -2.35. The summed E-state index contributed by atoms with van der Waals surface area (Å²) in [5.41, 5.74) is 2.10. The number of hydrogen-bond acceptors (Lipinski definition) is 4. The summed E-state index contributed by atoms with van der Waals surface area (Å²) < 4.78 is 5.75. The number of aromatic amines is 1. The number of nitrogens with zero attached hydrogens (tertiary/aromatic N) is 3. The second-order valence-corrected chi connectivity index (χ2v) is 6.94. The van der Waals surface area contributed by atoms with Crippen LogP contribution in [0.3, 0.4) is 0 Å². The molecule has 4 heterocycles. The molecule has 1 unspecified atom stereocenters. The molecule has 124 valence electrons. The lowest BCUT2D eigenvalue weighted by atomic mass is 10.1. The van der Waals surface area contributed by atoms with E-state index in [9.17, 15) is 0 Å². The van der Waals surface area contributed by atoms with Crippen LogP contribution in [0.2, 0.25) is 5.02 Å². The highest BCUT2D eigenvalue weighted by atomic mass is 35.5. The van der Waals surface area contributed by atoms with Crippen LogP contribution in [0, 0.1) is 0 Å². The van der Waals surface area contributed by atoms with Gasteiger partial charge in [-0.15, -0.1) is 0 Å². The summed E-state index contributed by atoms with van der Waals surface area (Å²) in [5.74, 6) is 0. The van der Waals surface area contributed by atoms with Crippen molar-refractivity contribution in [3.8, 4) is 0 Å². The zero-order valence-corrected chi connectivity index (χ0v) is 14.1. The van der Waals surface area contributed by atoms with Gasteiger partial charge in [0.1, 0.15) is 5.65 Å². The van der Waals surface area contributed by atoms with E-state index in [1.165, 1.54) is 18.4 Å². The van der Waals surface area contributed by atoms with E-state index in [0.717, 1.165) is 61.9 Å². The van der Waals surface area contributed by atoms with Crippen molar-refractivity contribution in [1.29, 1.82) is 0 Å². The summed E-state index contributed by atoms with van der Waals surface area (Å²) in [6.07, 6.45) is 6.58. The first-order chi connectivity index (χ1) is 11.3. The first kappa shape index (κ1) is 15.4. The maximum atomic E-state index is 6.39. The average molecular weight is 335 g/mol. The molecular weight excluding hydrogens is 312 g/mol. The minimum Gasteiger partial charge on any atom is -0.377 e. The molecular formula is C17H23ClN4O. The third-order valence-electron chi connectivity index (χ3n) is 4.98. The zero-order valence-electron chi connectivity index (χ0n) is 13.3. The molecule has 2 fully saturated rings. The van der Waals surface area contributed by atoms with Crippen LogP contribution in [0.15, 0.2) is 18.5 Å². The Morgan fingerprint density at radius 3 is 2.87 bits per heavy atom. The molecule has 0 radical (unpaired) electrons. The number of fused-ring (bicyclic) bond motifs is 1. The van der Waals surface area contributed by atoms with Gasteiger partial charge < -0.3 is 9.72 Å². The molecule has 0 aromatic carbocycles. The smallest absolute Gasteiger partial charge is 0.137 e. The minimum atomic E-state index is 0.454. The van der Waals surface area contributed by atoms with Gasteiger partial charge in [0.05, 0.1) is 11.1 Å². The van der Waals surface area contributed by atoms with E-state index in [-0.39, 0.29) is 0 Å². The normalized spacial score (nSPS) is 23.8. The molecule has 1 N–H and O–H groups in total. The molecule has 2 aromatic rings. The summed E-state index contributed by atoms with van der Waals surface area (Å²) in [4.78, 5) is 12.5. The molecule has 0 spiro atoms. The first-order valence-electron chi connectivity index (χ1n) is 8.46. The van der Waals surface area contributed by atoms with Gasteiger partial charge in [-0.25, -0.2) is 4.98 Å². The number of nitrogens with one attached hydrogen (secondary N) is 1. The summed E-state index contributed by atoms with van der Waals surface area (Å²) >= 11 is 6.39. The second-order valence-electron chi connectivity index (χ2n) is 6.54. The largest absolute Gasteiger partial charge is 0.377 e. The van der Waals surface area contributed by atoms with Gasteiger partial charge in [0.15, 0.2) is 0 Å². The number of hydrogen-bond donors (Lipinski definition) is 1. The van der Waals surface area contributed by atoms with Crippen molar-refractivity contribution in [1.82, 2.24) is 19.8 Å². The highest BCUT2D eigenvalue weighted by Crippen LogP contribution is 2.25. The summed E-state index contributed by atoms with van der Waals surface area (Å²) in [6.45, 7) is 7.31. The van der Waals surface area contributed by atoms with E-state index < -0.39 is 0 Å². The Morgan fingerprint density at radius 1 is 1.26 bits per heavy atom. The zero-order chi connectivity index (χ0) is 15.6. The van der Waals surface area contributed by atoms with Crippen LogP contribution < -0.4 is 0 Å².